The van der Waals surface area contributed by atoms with Gasteiger partial charge in [-0.05, 0) is 18.1 Å². The molecular weight excluding hydrogens is 198 g/mol. The Bertz CT molecular complexity index is 312. The van der Waals surface area contributed by atoms with Gasteiger partial charge in [-0.3, -0.25) is 0 Å². The Morgan fingerprint density at radius 2 is 2.19 bits per heavy atom. The zero-order chi connectivity index (χ0) is 11.4. The summed E-state index contributed by atoms with van der Waals surface area (Å²) in [4.78, 5) is 0. The minimum Gasteiger partial charge on any atom is -0.488 e. The van der Waals surface area contributed by atoms with Crippen molar-refractivity contribution in [1.29, 1.82) is 0 Å². The molecule has 0 saturated heterocycles. The molecule has 2 unspecified atom stereocenters. The first-order chi connectivity index (χ1) is 7.81. The molecule has 0 amide bonds. The lowest BCUT2D eigenvalue weighted by Gasteiger charge is -2.18. The summed E-state index contributed by atoms with van der Waals surface area (Å²) < 4.78 is 5.87. The Kier molecular flexibility index (Phi) is 3.83. The fourth-order valence-electron chi connectivity index (χ4n) is 2.26. The number of unbranched alkanes of at least 4 members (excludes halogenated alkanes) is 2. The summed E-state index contributed by atoms with van der Waals surface area (Å²) in [7, 11) is 0. The Morgan fingerprint density at radius 1 is 1.38 bits per heavy atom. The van der Waals surface area contributed by atoms with Gasteiger partial charge in [-0.2, -0.15) is 0 Å². The number of benzene rings is 1. The van der Waals surface area contributed by atoms with Gasteiger partial charge in [0, 0.05) is 12.5 Å². The number of ether oxygens (including phenoxy) is 1. The van der Waals surface area contributed by atoms with E-state index in [4.69, 9.17) is 10.5 Å². The summed E-state index contributed by atoms with van der Waals surface area (Å²) in [5.41, 5.74) is 7.48. The van der Waals surface area contributed by atoms with Crippen LogP contribution >= 0.6 is 0 Å². The smallest absolute Gasteiger partial charge is 0.123 e. The molecule has 1 aliphatic rings. The summed E-state index contributed by atoms with van der Waals surface area (Å²) in [6, 6.07) is 8.43. The zero-order valence-electron chi connectivity index (χ0n) is 9.99. The SMILES string of the molecule is CCCCCC(N)C1Cc2ccccc2O1. The highest BCUT2D eigenvalue weighted by atomic mass is 16.5. The van der Waals surface area contributed by atoms with Crippen LogP contribution in [0.1, 0.15) is 38.2 Å². The third-order valence-electron chi connectivity index (χ3n) is 3.29. The average Bonchev–Trinajstić information content (AvgIpc) is 2.73. The van der Waals surface area contributed by atoms with E-state index in [1.165, 1.54) is 24.8 Å². The monoisotopic (exact) mass is 219 g/mol. The molecule has 1 heterocycles. The van der Waals surface area contributed by atoms with Crippen molar-refractivity contribution in [2.45, 2.75) is 51.2 Å². The third-order valence-corrected chi connectivity index (χ3v) is 3.29. The molecule has 0 bridgehead atoms. The van der Waals surface area contributed by atoms with E-state index in [0.717, 1.165) is 18.6 Å². The molecule has 1 aromatic rings. The Morgan fingerprint density at radius 3 is 2.94 bits per heavy atom. The van der Waals surface area contributed by atoms with Crippen LogP contribution in [-0.4, -0.2) is 12.1 Å². The van der Waals surface area contributed by atoms with Crippen molar-refractivity contribution >= 4 is 0 Å². The third kappa shape index (κ3) is 2.56. The quantitative estimate of drug-likeness (QED) is 0.773. The average molecular weight is 219 g/mol. The van der Waals surface area contributed by atoms with Crippen LogP contribution in [0.4, 0.5) is 0 Å². The van der Waals surface area contributed by atoms with Gasteiger partial charge in [0.15, 0.2) is 0 Å². The summed E-state index contributed by atoms with van der Waals surface area (Å²) in [6.45, 7) is 2.22. The van der Waals surface area contributed by atoms with E-state index in [2.05, 4.69) is 19.1 Å². The second-order valence-corrected chi connectivity index (χ2v) is 4.63. The molecule has 0 fully saturated rings. The van der Waals surface area contributed by atoms with Crippen LogP contribution in [0.25, 0.3) is 0 Å². The van der Waals surface area contributed by atoms with Crippen LogP contribution in [-0.2, 0) is 6.42 Å². The van der Waals surface area contributed by atoms with Crippen molar-refractivity contribution < 1.29 is 4.74 Å². The van der Waals surface area contributed by atoms with Gasteiger partial charge in [0.25, 0.3) is 0 Å². The summed E-state index contributed by atoms with van der Waals surface area (Å²) in [5, 5.41) is 0. The molecule has 1 aromatic carbocycles. The van der Waals surface area contributed by atoms with Gasteiger partial charge in [0.05, 0.1) is 0 Å². The van der Waals surface area contributed by atoms with Crippen molar-refractivity contribution in [1.82, 2.24) is 0 Å². The predicted molar refractivity (Wildman–Crippen MR) is 66.7 cm³/mol. The van der Waals surface area contributed by atoms with Gasteiger partial charge in [0.1, 0.15) is 11.9 Å². The van der Waals surface area contributed by atoms with E-state index in [1.807, 2.05) is 12.1 Å². The molecule has 0 spiro atoms. The molecule has 88 valence electrons. The fraction of sp³-hybridized carbons (Fsp3) is 0.571. The first-order valence-electron chi connectivity index (χ1n) is 6.31. The Labute approximate surface area is 97.8 Å². The molecule has 2 N–H and O–H groups in total. The summed E-state index contributed by atoms with van der Waals surface area (Å²) in [5.74, 6) is 1.03. The molecule has 0 aromatic heterocycles. The van der Waals surface area contributed by atoms with E-state index in [1.54, 1.807) is 0 Å². The van der Waals surface area contributed by atoms with E-state index in [-0.39, 0.29) is 12.1 Å². The Balaban J connectivity index is 1.86. The normalized spacial score (nSPS) is 20.2. The molecule has 1 aliphatic heterocycles. The molecular formula is C14H21NO. The maximum atomic E-state index is 6.17. The molecule has 2 rings (SSSR count). The van der Waals surface area contributed by atoms with Crippen LogP contribution in [0.2, 0.25) is 0 Å². The van der Waals surface area contributed by atoms with Crippen LogP contribution in [0.5, 0.6) is 5.75 Å². The molecule has 16 heavy (non-hydrogen) atoms. The highest BCUT2D eigenvalue weighted by molar-refractivity contribution is 5.37. The maximum absolute atomic E-state index is 6.17. The van der Waals surface area contributed by atoms with Gasteiger partial charge >= 0.3 is 0 Å². The lowest BCUT2D eigenvalue weighted by atomic mass is 10.0. The van der Waals surface area contributed by atoms with E-state index in [0.29, 0.717) is 0 Å². The van der Waals surface area contributed by atoms with Crippen molar-refractivity contribution in [2.24, 2.45) is 5.73 Å². The van der Waals surface area contributed by atoms with Crippen molar-refractivity contribution in [3.05, 3.63) is 29.8 Å². The van der Waals surface area contributed by atoms with Crippen LogP contribution in [0.15, 0.2) is 24.3 Å². The minimum absolute atomic E-state index is 0.180. The van der Waals surface area contributed by atoms with Gasteiger partial charge in [-0.1, -0.05) is 44.4 Å². The van der Waals surface area contributed by atoms with E-state index >= 15 is 0 Å². The lowest BCUT2D eigenvalue weighted by molar-refractivity contribution is 0.191. The largest absolute Gasteiger partial charge is 0.488 e. The number of nitrogens with two attached hydrogens (primary N) is 1. The second kappa shape index (κ2) is 5.35. The standard InChI is InChI=1S/C14H21NO/c1-2-3-4-8-12(15)14-10-11-7-5-6-9-13(11)16-14/h5-7,9,12,14H,2-4,8,10,15H2,1H3. The number of hydrogen-bond donors (Lipinski definition) is 1. The first kappa shape index (κ1) is 11.5. The van der Waals surface area contributed by atoms with Crippen LogP contribution < -0.4 is 10.5 Å². The molecule has 0 radical (unpaired) electrons. The number of hydrogen-bond acceptors (Lipinski definition) is 2. The predicted octanol–water partition coefficient (Wildman–Crippen LogP) is 2.90. The molecule has 2 nitrogen and oxygen atoms in total. The van der Waals surface area contributed by atoms with E-state index in [9.17, 15) is 0 Å². The minimum atomic E-state index is 0.180. The zero-order valence-corrected chi connectivity index (χ0v) is 9.99. The van der Waals surface area contributed by atoms with Crippen molar-refractivity contribution in [3.8, 4) is 5.75 Å². The summed E-state index contributed by atoms with van der Waals surface area (Å²) >= 11 is 0. The summed E-state index contributed by atoms with van der Waals surface area (Å²) in [6.07, 6.45) is 5.98. The lowest BCUT2D eigenvalue weighted by Crippen LogP contribution is -2.37. The molecule has 2 atom stereocenters. The molecule has 0 saturated carbocycles. The van der Waals surface area contributed by atoms with Crippen LogP contribution in [0, 0.1) is 0 Å². The molecule has 2 heteroatoms. The fourth-order valence-corrected chi connectivity index (χ4v) is 2.26. The van der Waals surface area contributed by atoms with Gasteiger partial charge < -0.3 is 10.5 Å². The maximum Gasteiger partial charge on any atom is 0.123 e. The van der Waals surface area contributed by atoms with Gasteiger partial charge in [-0.15, -0.1) is 0 Å². The first-order valence-corrected chi connectivity index (χ1v) is 6.31. The van der Waals surface area contributed by atoms with Gasteiger partial charge in [-0.25, -0.2) is 0 Å². The van der Waals surface area contributed by atoms with Crippen LogP contribution in [0.3, 0.4) is 0 Å². The van der Waals surface area contributed by atoms with Gasteiger partial charge in [0.2, 0.25) is 0 Å². The highest BCUT2D eigenvalue weighted by Gasteiger charge is 2.27. The van der Waals surface area contributed by atoms with Crippen molar-refractivity contribution in [2.75, 3.05) is 0 Å². The molecule has 0 aliphatic carbocycles. The van der Waals surface area contributed by atoms with E-state index < -0.39 is 0 Å². The Hall–Kier alpha value is -1.02. The number of rotatable bonds is 5. The topological polar surface area (TPSA) is 35.2 Å². The number of fused-ring (bicyclic) bond motifs is 1. The second-order valence-electron chi connectivity index (χ2n) is 4.63. The van der Waals surface area contributed by atoms with Crippen molar-refractivity contribution in [3.63, 3.8) is 0 Å². The highest BCUT2D eigenvalue weighted by Crippen LogP contribution is 2.29. The number of para-hydroxylation sites is 1.